The molecular formula is C38H42NS+. The van der Waals surface area contributed by atoms with Crippen molar-refractivity contribution in [3.63, 3.8) is 0 Å². The number of fused-ring (bicyclic) bond motifs is 8. The Hall–Kier alpha value is -3.23. The molecule has 40 heavy (non-hydrogen) atoms. The molecule has 0 atom stereocenters. The number of pyridine rings is 1. The van der Waals surface area contributed by atoms with Crippen molar-refractivity contribution in [1.82, 2.24) is 0 Å². The Kier molecular flexibility index (Phi) is 5.96. The van der Waals surface area contributed by atoms with Gasteiger partial charge in [0, 0.05) is 29.2 Å². The third-order valence-electron chi connectivity index (χ3n) is 8.20. The largest absolute Gasteiger partial charge is 0.221 e. The second-order valence-electron chi connectivity index (χ2n) is 13.1. The van der Waals surface area contributed by atoms with Crippen molar-refractivity contribution >= 4 is 53.9 Å². The Morgan fingerprint density at radius 1 is 0.800 bits per heavy atom. The zero-order chi connectivity index (χ0) is 30.3. The van der Waals surface area contributed by atoms with Gasteiger partial charge in [-0.15, -0.1) is 11.3 Å². The van der Waals surface area contributed by atoms with Crippen molar-refractivity contribution in [3.8, 4) is 10.4 Å². The van der Waals surface area contributed by atoms with Crippen molar-refractivity contribution in [2.75, 3.05) is 0 Å². The summed E-state index contributed by atoms with van der Waals surface area (Å²) in [6, 6.07) is 22.3. The first kappa shape index (κ1) is 24.6. The summed E-state index contributed by atoms with van der Waals surface area (Å²) < 4.78 is 22.4. The van der Waals surface area contributed by atoms with E-state index in [9.17, 15) is 2.74 Å². The average molecular weight is 547 g/mol. The molecule has 1 nitrogen and oxygen atoms in total. The smallest absolute Gasteiger partial charge is 0.200 e. The number of rotatable bonds is 4. The SMILES string of the molecule is [2H]C([2H])(c1cc[n+](C)c2c3c(C)cccc3c3ccc4sc(-c5c(C(C)C)cccc5C(C)C)cc4c3c12)C(C)(C)C. The van der Waals surface area contributed by atoms with E-state index in [0.29, 0.717) is 11.8 Å². The molecule has 0 aliphatic rings. The molecule has 6 rings (SSSR count). The molecular weight excluding hydrogens is 502 g/mol. The third-order valence-corrected chi connectivity index (χ3v) is 9.32. The van der Waals surface area contributed by atoms with Gasteiger partial charge in [0.2, 0.25) is 5.52 Å². The molecule has 0 bridgehead atoms. The number of benzene rings is 4. The Balaban J connectivity index is 1.87. The standard InChI is InChI=1S/C38H42NS/c1-22(2)26-13-11-14-27(23(3)4)35(26)32-20-30-31(40-32)17-16-29-28-15-10-12-24(5)33(28)37-34(36(29)30)25(18-19-39(37)9)21-38(6,7)8/h10-20,22-23H,21H2,1-9H3/q+1/i21D2. The van der Waals surface area contributed by atoms with E-state index in [0.717, 1.165) is 21.9 Å². The molecule has 4 aromatic carbocycles. The predicted octanol–water partition coefficient (Wildman–Crippen LogP) is 11.0. The predicted molar refractivity (Wildman–Crippen MR) is 177 cm³/mol. The van der Waals surface area contributed by atoms with Crippen LogP contribution in [-0.4, -0.2) is 0 Å². The molecule has 2 heteroatoms. The molecule has 0 aliphatic carbocycles. The Labute approximate surface area is 246 Å². The molecule has 0 radical (unpaired) electrons. The molecule has 2 heterocycles. The second kappa shape index (κ2) is 9.70. The maximum absolute atomic E-state index is 9.47. The lowest BCUT2D eigenvalue weighted by molar-refractivity contribution is -0.644. The summed E-state index contributed by atoms with van der Waals surface area (Å²) in [5.41, 5.74) is 6.65. The summed E-state index contributed by atoms with van der Waals surface area (Å²) in [5.74, 6) is 0.830. The van der Waals surface area contributed by atoms with E-state index in [1.165, 1.54) is 53.4 Å². The van der Waals surface area contributed by atoms with Crippen LogP contribution < -0.4 is 4.57 Å². The van der Waals surface area contributed by atoms with Crippen LogP contribution in [0.1, 0.15) is 85.3 Å². The minimum Gasteiger partial charge on any atom is -0.200 e. The third kappa shape index (κ3) is 4.32. The monoisotopic (exact) mass is 546 g/mol. The summed E-state index contributed by atoms with van der Waals surface area (Å²) in [4.78, 5) is 1.30. The van der Waals surface area contributed by atoms with E-state index in [1.54, 1.807) is 0 Å². The van der Waals surface area contributed by atoms with Gasteiger partial charge < -0.3 is 0 Å². The van der Waals surface area contributed by atoms with Crippen molar-refractivity contribution in [2.24, 2.45) is 12.5 Å². The van der Waals surface area contributed by atoms with Gasteiger partial charge in [0.1, 0.15) is 7.05 Å². The van der Waals surface area contributed by atoms with E-state index in [1.807, 2.05) is 44.4 Å². The number of hydrogen-bond donors (Lipinski definition) is 0. The van der Waals surface area contributed by atoms with Gasteiger partial charge in [0.15, 0.2) is 6.20 Å². The van der Waals surface area contributed by atoms with Gasteiger partial charge in [0.05, 0.1) is 10.8 Å². The van der Waals surface area contributed by atoms with Crippen LogP contribution in [0.25, 0.3) is 53.0 Å². The molecule has 0 N–H and O–H groups in total. The summed E-state index contributed by atoms with van der Waals surface area (Å²) >= 11 is 1.87. The molecule has 0 aliphatic heterocycles. The normalized spacial score (nSPS) is 13.8. The zero-order valence-electron chi connectivity index (χ0n) is 27.4. The van der Waals surface area contributed by atoms with Crippen LogP contribution in [-0.2, 0) is 13.4 Å². The molecule has 0 saturated heterocycles. The Bertz CT molecular complexity index is 2000. The fourth-order valence-corrected chi connectivity index (χ4v) is 7.64. The van der Waals surface area contributed by atoms with Crippen LogP contribution in [0.2, 0.25) is 0 Å². The first-order chi connectivity index (χ1) is 19.7. The summed E-state index contributed by atoms with van der Waals surface area (Å²) in [7, 11) is 2.10. The van der Waals surface area contributed by atoms with Crippen LogP contribution in [0.4, 0.5) is 0 Å². The lowest BCUT2D eigenvalue weighted by atomic mass is 9.84. The number of aryl methyl sites for hydroxylation is 2. The lowest BCUT2D eigenvalue weighted by Gasteiger charge is -2.20. The molecule has 6 aromatic rings. The Morgan fingerprint density at radius 3 is 2.10 bits per heavy atom. The molecule has 0 fully saturated rings. The van der Waals surface area contributed by atoms with Crippen molar-refractivity contribution in [1.29, 1.82) is 0 Å². The van der Waals surface area contributed by atoms with Crippen LogP contribution in [0.3, 0.4) is 0 Å². The fourth-order valence-electron chi connectivity index (χ4n) is 6.48. The number of hydrogen-bond acceptors (Lipinski definition) is 1. The van der Waals surface area contributed by atoms with E-state index < -0.39 is 11.8 Å². The van der Waals surface area contributed by atoms with Gasteiger partial charge in [-0.25, -0.2) is 4.57 Å². The van der Waals surface area contributed by atoms with Crippen LogP contribution >= 0.6 is 11.3 Å². The average Bonchev–Trinajstić information content (AvgIpc) is 3.36. The highest BCUT2D eigenvalue weighted by Crippen LogP contribution is 2.47. The van der Waals surface area contributed by atoms with Gasteiger partial charge in [-0.05, 0) is 81.3 Å². The fraction of sp³-hybridized carbons (Fsp3) is 0.342. The van der Waals surface area contributed by atoms with E-state index >= 15 is 0 Å². The lowest BCUT2D eigenvalue weighted by Crippen LogP contribution is -2.29. The van der Waals surface area contributed by atoms with E-state index in [-0.39, 0.29) is 0 Å². The van der Waals surface area contributed by atoms with Crippen molar-refractivity contribution in [2.45, 2.75) is 73.6 Å². The number of thiophene rings is 1. The molecule has 204 valence electrons. The van der Waals surface area contributed by atoms with Crippen molar-refractivity contribution in [3.05, 3.63) is 89.1 Å². The maximum atomic E-state index is 9.47. The van der Waals surface area contributed by atoms with Gasteiger partial charge in [-0.2, -0.15) is 0 Å². The quantitative estimate of drug-likeness (QED) is 0.153. The second-order valence-corrected chi connectivity index (χ2v) is 14.2. The summed E-state index contributed by atoms with van der Waals surface area (Å²) in [6.07, 6.45) is 0.505. The molecule has 0 spiro atoms. The minimum absolute atomic E-state index is 0.415. The zero-order valence-corrected chi connectivity index (χ0v) is 26.2. The molecule has 2 aromatic heterocycles. The highest BCUT2D eigenvalue weighted by atomic mass is 32.1. The Morgan fingerprint density at radius 2 is 1.45 bits per heavy atom. The van der Waals surface area contributed by atoms with Crippen LogP contribution in [0.15, 0.2) is 66.9 Å². The van der Waals surface area contributed by atoms with E-state index in [2.05, 4.69) is 101 Å². The van der Waals surface area contributed by atoms with Gasteiger partial charge >= 0.3 is 0 Å². The van der Waals surface area contributed by atoms with Crippen molar-refractivity contribution < 1.29 is 7.31 Å². The van der Waals surface area contributed by atoms with Crippen LogP contribution in [0, 0.1) is 12.3 Å². The van der Waals surface area contributed by atoms with Gasteiger partial charge in [-0.1, -0.05) is 90.9 Å². The first-order valence-corrected chi connectivity index (χ1v) is 15.4. The van der Waals surface area contributed by atoms with Crippen LogP contribution in [0.5, 0.6) is 0 Å². The maximum Gasteiger partial charge on any atom is 0.221 e. The van der Waals surface area contributed by atoms with Gasteiger partial charge in [0.25, 0.3) is 0 Å². The first-order valence-electron chi connectivity index (χ1n) is 15.6. The van der Waals surface area contributed by atoms with Gasteiger partial charge in [-0.3, -0.25) is 0 Å². The summed E-state index contributed by atoms with van der Waals surface area (Å²) in [6.45, 7) is 17.3. The highest BCUT2D eigenvalue weighted by Gasteiger charge is 2.25. The summed E-state index contributed by atoms with van der Waals surface area (Å²) in [5, 5.41) is 7.03. The topological polar surface area (TPSA) is 3.88 Å². The van der Waals surface area contributed by atoms with E-state index in [4.69, 9.17) is 0 Å². The minimum atomic E-state index is -1.54. The number of aromatic nitrogens is 1. The highest BCUT2D eigenvalue weighted by molar-refractivity contribution is 7.22. The molecule has 0 saturated carbocycles. The molecule has 0 unspecified atom stereocenters. The molecule has 0 amide bonds. The number of nitrogens with zero attached hydrogens (tertiary/aromatic N) is 1.